The van der Waals surface area contributed by atoms with Gasteiger partial charge in [-0.1, -0.05) is 18.3 Å². The minimum Gasteiger partial charge on any atom is -0.260 e. The van der Waals surface area contributed by atoms with Crippen molar-refractivity contribution in [3.63, 3.8) is 0 Å². The molecule has 0 N–H and O–H groups in total. The van der Waals surface area contributed by atoms with Gasteiger partial charge in [0.05, 0.1) is 16.6 Å². The van der Waals surface area contributed by atoms with Gasteiger partial charge in [-0.25, -0.2) is 4.98 Å². The molecule has 7 heteroatoms. The minimum absolute atomic E-state index is 0.369. The van der Waals surface area contributed by atoms with Crippen LogP contribution in [0.15, 0.2) is 29.4 Å². The molecule has 0 bridgehead atoms. The smallest absolute Gasteiger partial charge is 0.260 e. The van der Waals surface area contributed by atoms with Crippen molar-refractivity contribution in [3.8, 4) is 0 Å². The van der Waals surface area contributed by atoms with E-state index >= 15 is 0 Å². The third-order valence-corrected chi connectivity index (χ3v) is 3.29. The van der Waals surface area contributed by atoms with Crippen LogP contribution in [-0.4, -0.2) is 36.9 Å². The molecule has 1 radical (unpaired) electrons. The SMILES string of the molecule is CS(=O)(=O)OC([C]=S)CSc1ccccn1. The molecule has 0 saturated carbocycles. The van der Waals surface area contributed by atoms with Crippen molar-refractivity contribution in [1.82, 2.24) is 4.98 Å². The second-order valence-electron chi connectivity index (χ2n) is 2.89. The van der Waals surface area contributed by atoms with E-state index in [9.17, 15) is 8.42 Å². The molecule has 0 fully saturated rings. The monoisotopic (exact) mass is 276 g/mol. The fraction of sp³-hybridized carbons (Fsp3) is 0.333. The molecule has 16 heavy (non-hydrogen) atoms. The molecule has 0 aromatic carbocycles. The lowest BCUT2D eigenvalue weighted by Crippen LogP contribution is -2.20. The predicted molar refractivity (Wildman–Crippen MR) is 67.3 cm³/mol. The molecule has 1 heterocycles. The Morgan fingerprint density at radius 2 is 2.38 bits per heavy atom. The van der Waals surface area contributed by atoms with Crippen LogP contribution in [0.5, 0.6) is 0 Å². The standard InChI is InChI=1S/C9H10NO3S3/c1-16(11,12)13-8(6-14)7-15-9-4-2-3-5-10-9/h2-5,8H,7H2,1H3. The first-order valence-electron chi connectivity index (χ1n) is 4.31. The van der Waals surface area contributed by atoms with Crippen molar-refractivity contribution in [3.05, 3.63) is 24.4 Å². The highest BCUT2D eigenvalue weighted by Gasteiger charge is 2.13. The molecule has 87 valence electrons. The van der Waals surface area contributed by atoms with E-state index in [-0.39, 0.29) is 0 Å². The number of thioether (sulfide) groups is 1. The van der Waals surface area contributed by atoms with Gasteiger partial charge < -0.3 is 0 Å². The van der Waals surface area contributed by atoms with Gasteiger partial charge in [-0.05, 0) is 12.1 Å². The quantitative estimate of drug-likeness (QED) is 0.445. The molecule has 0 aliphatic rings. The van der Waals surface area contributed by atoms with E-state index in [0.29, 0.717) is 5.75 Å². The zero-order chi connectivity index (χ0) is 12.0. The normalized spacial score (nSPS) is 13.3. The van der Waals surface area contributed by atoms with Gasteiger partial charge in [0, 0.05) is 11.9 Å². The lowest BCUT2D eigenvalue weighted by molar-refractivity contribution is 0.304. The Morgan fingerprint density at radius 1 is 1.62 bits per heavy atom. The molecule has 1 aromatic heterocycles. The summed E-state index contributed by atoms with van der Waals surface area (Å²) in [6.45, 7) is 0. The Balaban J connectivity index is 2.50. The molecule has 0 aliphatic carbocycles. The largest absolute Gasteiger partial charge is 0.265 e. The van der Waals surface area contributed by atoms with E-state index in [1.165, 1.54) is 11.8 Å². The van der Waals surface area contributed by atoms with E-state index in [1.807, 2.05) is 12.1 Å². The minimum atomic E-state index is -3.50. The summed E-state index contributed by atoms with van der Waals surface area (Å²) in [5.74, 6) is 0.369. The molecule has 0 spiro atoms. The second kappa shape index (κ2) is 6.29. The Labute approximate surface area is 105 Å². The van der Waals surface area contributed by atoms with Gasteiger partial charge in [-0.2, -0.15) is 8.42 Å². The van der Waals surface area contributed by atoms with Gasteiger partial charge in [0.25, 0.3) is 10.1 Å². The van der Waals surface area contributed by atoms with E-state index in [4.69, 9.17) is 4.18 Å². The molecule has 4 nitrogen and oxygen atoms in total. The predicted octanol–water partition coefficient (Wildman–Crippen LogP) is 1.40. The van der Waals surface area contributed by atoms with Crippen LogP contribution >= 0.6 is 24.0 Å². The first-order valence-corrected chi connectivity index (χ1v) is 7.52. The Bertz CT molecular complexity index is 433. The van der Waals surface area contributed by atoms with Crippen molar-refractivity contribution in [2.24, 2.45) is 0 Å². The van der Waals surface area contributed by atoms with Gasteiger partial charge in [0.15, 0.2) is 0 Å². The van der Waals surface area contributed by atoms with Crippen LogP contribution in [0.25, 0.3) is 0 Å². The van der Waals surface area contributed by atoms with Crippen LogP contribution < -0.4 is 0 Å². The van der Waals surface area contributed by atoms with E-state index < -0.39 is 16.2 Å². The number of rotatable bonds is 6. The zero-order valence-corrected chi connectivity index (χ0v) is 10.9. The highest BCUT2D eigenvalue weighted by atomic mass is 32.2. The number of pyridine rings is 1. The molecule has 0 saturated heterocycles. The summed E-state index contributed by atoms with van der Waals surface area (Å²) in [5, 5.41) is 3.15. The Morgan fingerprint density at radius 3 is 2.88 bits per heavy atom. The van der Waals surface area contributed by atoms with E-state index in [1.54, 1.807) is 12.3 Å². The van der Waals surface area contributed by atoms with Crippen LogP contribution in [0.4, 0.5) is 0 Å². The molecule has 1 atom stereocenters. The number of aromatic nitrogens is 1. The van der Waals surface area contributed by atoms with Crippen molar-refractivity contribution in [2.75, 3.05) is 12.0 Å². The van der Waals surface area contributed by atoms with Crippen molar-refractivity contribution < 1.29 is 12.6 Å². The number of hydrogen-bond acceptors (Lipinski definition) is 6. The van der Waals surface area contributed by atoms with Crippen LogP contribution in [-0.2, 0) is 14.3 Å². The van der Waals surface area contributed by atoms with Gasteiger partial charge in [-0.3, -0.25) is 4.18 Å². The van der Waals surface area contributed by atoms with Crippen LogP contribution in [0.3, 0.4) is 0 Å². The van der Waals surface area contributed by atoms with Crippen molar-refractivity contribution >= 4 is 39.5 Å². The molecule has 0 aliphatic heterocycles. The zero-order valence-electron chi connectivity index (χ0n) is 8.49. The van der Waals surface area contributed by atoms with Crippen LogP contribution in [0.1, 0.15) is 0 Å². The first kappa shape index (κ1) is 13.6. The Hall–Kier alpha value is -0.500. The maximum Gasteiger partial charge on any atom is 0.265 e. The lowest BCUT2D eigenvalue weighted by Gasteiger charge is -2.09. The third kappa shape index (κ3) is 5.55. The van der Waals surface area contributed by atoms with Gasteiger partial charge in [0.1, 0.15) is 6.10 Å². The maximum atomic E-state index is 10.9. The van der Waals surface area contributed by atoms with Gasteiger partial charge >= 0.3 is 0 Å². The number of thiocarbonyl (C=S) groups is 1. The third-order valence-electron chi connectivity index (χ3n) is 1.44. The summed E-state index contributed by atoms with van der Waals surface area (Å²) in [5.41, 5.74) is 0. The molecule has 1 unspecified atom stereocenters. The first-order chi connectivity index (χ1) is 7.51. The second-order valence-corrected chi connectivity index (χ2v) is 5.76. The van der Waals surface area contributed by atoms with E-state index in [2.05, 4.69) is 22.6 Å². The lowest BCUT2D eigenvalue weighted by atomic mass is 10.5. The summed E-state index contributed by atoms with van der Waals surface area (Å²) in [6.07, 6.45) is 1.92. The number of hydrogen-bond donors (Lipinski definition) is 0. The summed E-state index contributed by atoms with van der Waals surface area (Å²) in [6, 6.07) is 5.48. The molecule has 1 rings (SSSR count). The average molecular weight is 276 g/mol. The summed E-state index contributed by atoms with van der Waals surface area (Å²) in [7, 11) is -3.50. The Kier molecular flexibility index (Phi) is 5.33. The topological polar surface area (TPSA) is 56.3 Å². The van der Waals surface area contributed by atoms with E-state index in [0.717, 1.165) is 11.3 Å². The molecule has 1 aromatic rings. The highest BCUT2D eigenvalue weighted by molar-refractivity contribution is 7.99. The fourth-order valence-corrected chi connectivity index (χ4v) is 2.59. The summed E-state index contributed by atoms with van der Waals surface area (Å²) >= 11 is 5.95. The van der Waals surface area contributed by atoms with Crippen LogP contribution in [0, 0.1) is 0 Å². The molecule has 0 amide bonds. The van der Waals surface area contributed by atoms with Crippen LogP contribution in [0.2, 0.25) is 0 Å². The summed E-state index contributed by atoms with van der Waals surface area (Å²) in [4.78, 5) is 4.08. The highest BCUT2D eigenvalue weighted by Crippen LogP contribution is 2.16. The molecular weight excluding hydrogens is 266 g/mol. The van der Waals surface area contributed by atoms with Gasteiger partial charge in [-0.15, -0.1) is 11.8 Å². The molecular formula is C9H10NO3S3. The van der Waals surface area contributed by atoms with Crippen molar-refractivity contribution in [2.45, 2.75) is 11.1 Å². The maximum absolute atomic E-state index is 10.9. The number of nitrogens with zero attached hydrogens (tertiary/aromatic N) is 1. The van der Waals surface area contributed by atoms with Crippen molar-refractivity contribution in [1.29, 1.82) is 0 Å². The van der Waals surface area contributed by atoms with Gasteiger partial charge in [0.2, 0.25) is 0 Å². The average Bonchev–Trinajstić information content (AvgIpc) is 2.24. The fourth-order valence-electron chi connectivity index (χ4n) is 0.886. The summed E-state index contributed by atoms with van der Waals surface area (Å²) < 4.78 is 26.5.